The third-order valence-corrected chi connectivity index (χ3v) is 2.28. The van der Waals surface area contributed by atoms with Crippen LogP contribution in [0.5, 0.6) is 5.75 Å². The summed E-state index contributed by atoms with van der Waals surface area (Å²) in [6.07, 6.45) is 0.0374. The van der Waals surface area contributed by atoms with Gasteiger partial charge in [-0.2, -0.15) is 0 Å². The van der Waals surface area contributed by atoms with Crippen molar-refractivity contribution in [3.05, 3.63) is 23.2 Å². The van der Waals surface area contributed by atoms with Gasteiger partial charge < -0.3 is 15.2 Å². The van der Waals surface area contributed by atoms with Gasteiger partial charge in [0, 0.05) is 11.1 Å². The number of carboxylic acids is 1. The Morgan fingerprint density at radius 1 is 1.62 bits per heavy atom. The van der Waals surface area contributed by atoms with Crippen molar-refractivity contribution in [2.45, 2.75) is 19.4 Å². The van der Waals surface area contributed by atoms with E-state index in [4.69, 9.17) is 21.4 Å². The van der Waals surface area contributed by atoms with E-state index in [2.05, 4.69) is 5.32 Å². The molecule has 0 fully saturated rings. The number of carbonyl (C=O) groups is 1. The Morgan fingerprint density at radius 2 is 2.31 bits per heavy atom. The minimum Gasteiger partial charge on any atom is -0.495 e. The number of halogens is 1. The van der Waals surface area contributed by atoms with Gasteiger partial charge in [0.15, 0.2) is 0 Å². The van der Waals surface area contributed by atoms with Gasteiger partial charge in [-0.25, -0.2) is 0 Å². The first-order chi connectivity index (χ1) is 7.52. The van der Waals surface area contributed by atoms with Crippen LogP contribution in [0, 0.1) is 0 Å². The highest BCUT2D eigenvalue weighted by Gasteiger charge is 2.10. The number of methoxy groups -OCH3 is 1. The molecule has 0 aromatic heterocycles. The Labute approximate surface area is 99.2 Å². The van der Waals surface area contributed by atoms with E-state index < -0.39 is 5.97 Å². The Bertz CT molecular complexity index is 381. The largest absolute Gasteiger partial charge is 0.495 e. The summed E-state index contributed by atoms with van der Waals surface area (Å²) < 4.78 is 5.14. The first-order valence-corrected chi connectivity index (χ1v) is 5.22. The summed E-state index contributed by atoms with van der Waals surface area (Å²) in [5.41, 5.74) is 0.698. The van der Waals surface area contributed by atoms with Crippen molar-refractivity contribution in [2.24, 2.45) is 0 Å². The number of anilines is 1. The lowest BCUT2D eigenvalue weighted by molar-refractivity contribution is -0.137. The molecule has 0 saturated heterocycles. The van der Waals surface area contributed by atoms with Crippen LogP contribution in [-0.4, -0.2) is 24.2 Å². The molecule has 1 aromatic carbocycles. The first kappa shape index (κ1) is 12.6. The molecule has 0 saturated carbocycles. The maximum atomic E-state index is 10.5. The summed E-state index contributed by atoms with van der Waals surface area (Å²) in [5.74, 6) is -0.206. The molecule has 0 aliphatic heterocycles. The number of rotatable bonds is 5. The summed E-state index contributed by atoms with van der Waals surface area (Å²) >= 11 is 5.85. The Morgan fingerprint density at radius 3 is 2.88 bits per heavy atom. The third kappa shape index (κ3) is 3.62. The molecule has 0 heterocycles. The molecule has 0 aliphatic carbocycles. The molecule has 1 rings (SSSR count). The van der Waals surface area contributed by atoms with Crippen LogP contribution in [-0.2, 0) is 4.79 Å². The summed E-state index contributed by atoms with van der Waals surface area (Å²) in [6.45, 7) is 1.79. The van der Waals surface area contributed by atoms with Crippen LogP contribution in [0.2, 0.25) is 5.02 Å². The van der Waals surface area contributed by atoms with E-state index in [-0.39, 0.29) is 12.5 Å². The lowest BCUT2D eigenvalue weighted by Gasteiger charge is -2.16. The fourth-order valence-electron chi connectivity index (χ4n) is 1.37. The number of ether oxygens (including phenoxy) is 1. The topological polar surface area (TPSA) is 58.6 Å². The number of hydrogen-bond acceptors (Lipinski definition) is 3. The van der Waals surface area contributed by atoms with Crippen LogP contribution in [0.4, 0.5) is 5.69 Å². The predicted octanol–water partition coefficient (Wildman–Crippen LogP) is 2.62. The Hall–Kier alpha value is -1.42. The molecule has 2 N–H and O–H groups in total. The SMILES string of the molecule is COc1ccc(Cl)cc1NC(C)CC(=O)O. The fourth-order valence-corrected chi connectivity index (χ4v) is 1.54. The second-order valence-corrected chi connectivity index (χ2v) is 3.92. The normalized spacial score (nSPS) is 11.9. The molecule has 0 spiro atoms. The van der Waals surface area contributed by atoms with Crippen molar-refractivity contribution in [1.29, 1.82) is 0 Å². The zero-order valence-electron chi connectivity index (χ0n) is 9.16. The second kappa shape index (κ2) is 5.61. The summed E-state index contributed by atoms with van der Waals surface area (Å²) in [6, 6.07) is 4.97. The van der Waals surface area contributed by atoms with Gasteiger partial charge in [0.1, 0.15) is 5.75 Å². The monoisotopic (exact) mass is 243 g/mol. The van der Waals surface area contributed by atoms with Crippen molar-refractivity contribution in [1.82, 2.24) is 0 Å². The number of nitrogens with one attached hydrogen (secondary N) is 1. The van der Waals surface area contributed by atoms with E-state index >= 15 is 0 Å². The maximum Gasteiger partial charge on any atom is 0.305 e. The van der Waals surface area contributed by atoms with E-state index in [1.807, 2.05) is 0 Å². The van der Waals surface area contributed by atoms with E-state index in [0.29, 0.717) is 16.5 Å². The van der Waals surface area contributed by atoms with Gasteiger partial charge in [0.25, 0.3) is 0 Å². The number of benzene rings is 1. The fraction of sp³-hybridized carbons (Fsp3) is 0.364. The standard InChI is InChI=1S/C11H14ClNO3/c1-7(5-11(14)15)13-9-6-8(12)3-4-10(9)16-2/h3-4,6-7,13H,5H2,1-2H3,(H,14,15). The van der Waals surface area contributed by atoms with Crippen LogP contribution in [0.15, 0.2) is 18.2 Å². The second-order valence-electron chi connectivity index (χ2n) is 3.49. The van der Waals surface area contributed by atoms with Crippen LogP contribution < -0.4 is 10.1 Å². The quantitative estimate of drug-likeness (QED) is 0.835. The minimum atomic E-state index is -0.846. The molecule has 4 nitrogen and oxygen atoms in total. The van der Waals surface area contributed by atoms with Gasteiger partial charge in [-0.1, -0.05) is 11.6 Å². The molecule has 5 heteroatoms. The van der Waals surface area contributed by atoms with Gasteiger partial charge >= 0.3 is 5.97 Å². The maximum absolute atomic E-state index is 10.5. The van der Waals surface area contributed by atoms with Gasteiger partial charge in [-0.05, 0) is 25.1 Å². The highest BCUT2D eigenvalue weighted by Crippen LogP contribution is 2.28. The molecular weight excluding hydrogens is 230 g/mol. The van der Waals surface area contributed by atoms with Gasteiger partial charge in [0.05, 0.1) is 19.2 Å². The lowest BCUT2D eigenvalue weighted by Crippen LogP contribution is -2.19. The van der Waals surface area contributed by atoms with Crippen LogP contribution in [0.3, 0.4) is 0 Å². The van der Waals surface area contributed by atoms with Crippen molar-refractivity contribution in [2.75, 3.05) is 12.4 Å². The third-order valence-electron chi connectivity index (χ3n) is 2.04. The van der Waals surface area contributed by atoms with Crippen molar-refractivity contribution < 1.29 is 14.6 Å². The van der Waals surface area contributed by atoms with Crippen molar-refractivity contribution >= 4 is 23.3 Å². The van der Waals surface area contributed by atoms with Crippen LogP contribution >= 0.6 is 11.6 Å². The van der Waals surface area contributed by atoms with Crippen molar-refractivity contribution in [3.63, 3.8) is 0 Å². The molecule has 0 amide bonds. The van der Waals surface area contributed by atoms with Gasteiger partial charge in [-0.15, -0.1) is 0 Å². The molecule has 1 unspecified atom stereocenters. The smallest absolute Gasteiger partial charge is 0.305 e. The van der Waals surface area contributed by atoms with E-state index in [9.17, 15) is 4.79 Å². The molecule has 88 valence electrons. The highest BCUT2D eigenvalue weighted by molar-refractivity contribution is 6.30. The van der Waals surface area contributed by atoms with Crippen molar-refractivity contribution in [3.8, 4) is 5.75 Å². The Kier molecular flexibility index (Phi) is 4.43. The molecular formula is C11H14ClNO3. The summed E-state index contributed by atoms with van der Waals surface area (Å²) in [4.78, 5) is 10.5. The lowest BCUT2D eigenvalue weighted by atomic mass is 10.2. The van der Waals surface area contributed by atoms with Crippen LogP contribution in [0.25, 0.3) is 0 Å². The van der Waals surface area contributed by atoms with Gasteiger partial charge in [-0.3, -0.25) is 4.79 Å². The zero-order chi connectivity index (χ0) is 12.1. The number of aliphatic carboxylic acids is 1. The summed E-state index contributed by atoms with van der Waals surface area (Å²) in [7, 11) is 1.55. The molecule has 0 bridgehead atoms. The molecule has 0 radical (unpaired) electrons. The summed E-state index contributed by atoms with van der Waals surface area (Å²) in [5, 5.41) is 12.3. The average molecular weight is 244 g/mol. The van der Waals surface area contributed by atoms with Gasteiger partial charge in [0.2, 0.25) is 0 Å². The minimum absolute atomic E-state index is 0.0374. The Balaban J connectivity index is 2.78. The van der Waals surface area contributed by atoms with E-state index in [0.717, 1.165) is 0 Å². The first-order valence-electron chi connectivity index (χ1n) is 4.84. The number of carboxylic acid groups (broad SMARTS) is 1. The average Bonchev–Trinajstić information content (AvgIpc) is 2.16. The molecule has 1 atom stereocenters. The van der Waals surface area contributed by atoms with E-state index in [1.54, 1.807) is 32.2 Å². The molecule has 16 heavy (non-hydrogen) atoms. The predicted molar refractivity (Wildman–Crippen MR) is 63.3 cm³/mol. The molecule has 0 aliphatic rings. The zero-order valence-corrected chi connectivity index (χ0v) is 9.91. The number of hydrogen-bond donors (Lipinski definition) is 2. The van der Waals surface area contributed by atoms with E-state index in [1.165, 1.54) is 0 Å². The van der Waals surface area contributed by atoms with Crippen LogP contribution in [0.1, 0.15) is 13.3 Å². The highest BCUT2D eigenvalue weighted by atomic mass is 35.5. The molecule has 1 aromatic rings.